The molecule has 3 aromatic heterocycles. The number of aromatic nitrogens is 4. The minimum atomic E-state index is -4.42. The van der Waals surface area contributed by atoms with Crippen LogP contribution in [0.1, 0.15) is 28.5 Å². The first-order valence-corrected chi connectivity index (χ1v) is 13.6. The molecule has 2 atom stereocenters. The molecule has 0 bridgehead atoms. The Kier molecular flexibility index (Phi) is 7.63. The van der Waals surface area contributed by atoms with Gasteiger partial charge in [0.1, 0.15) is 0 Å². The number of likely N-dealkylation sites (tertiary alicyclic amines) is 1. The summed E-state index contributed by atoms with van der Waals surface area (Å²) in [6, 6.07) is 4.44. The number of halogens is 4. The third kappa shape index (κ3) is 5.96. The number of nitrogens with zero attached hydrogens (tertiary/aromatic N) is 5. The summed E-state index contributed by atoms with van der Waals surface area (Å²) in [7, 11) is 1.84. The van der Waals surface area contributed by atoms with Crippen LogP contribution in [0.3, 0.4) is 0 Å². The van der Waals surface area contributed by atoms with Crippen molar-refractivity contribution in [2.45, 2.75) is 29.8 Å². The van der Waals surface area contributed by atoms with Gasteiger partial charge in [0.2, 0.25) is 0 Å². The van der Waals surface area contributed by atoms with Crippen molar-refractivity contribution in [3.8, 4) is 11.8 Å². The number of hydrogen-bond acceptors (Lipinski definition) is 6. The molecule has 2 aliphatic heterocycles. The van der Waals surface area contributed by atoms with Crippen LogP contribution in [0.15, 0.2) is 30.6 Å². The number of alkyl halides is 4. The van der Waals surface area contributed by atoms with Crippen molar-refractivity contribution in [3.63, 3.8) is 0 Å². The molecule has 38 heavy (non-hydrogen) atoms. The van der Waals surface area contributed by atoms with Crippen LogP contribution in [0.2, 0.25) is 0 Å². The second-order valence-electron chi connectivity index (χ2n) is 9.14. The number of anilines is 1. The molecule has 5 rings (SSSR count). The maximum atomic E-state index is 14.6. The molecule has 14 heteroatoms. The zero-order valence-electron chi connectivity index (χ0n) is 20.3. The molecule has 5 heterocycles. The van der Waals surface area contributed by atoms with Gasteiger partial charge in [-0.2, -0.15) is 0 Å². The predicted molar refractivity (Wildman–Crippen MR) is 132 cm³/mol. The number of hydrogen-bond donors (Lipinski definition) is 2. The van der Waals surface area contributed by atoms with Gasteiger partial charge in [0, 0.05) is 0 Å². The van der Waals surface area contributed by atoms with Gasteiger partial charge >= 0.3 is 217 Å². The van der Waals surface area contributed by atoms with Crippen molar-refractivity contribution >= 4 is 36.7 Å². The standard InChI is InChI=1S/C24H25F4N7O2Se/c1-33-9-7-18(17(25)12-33)31-21-6-2-5-20-22(38-24(26,27)28)19(32-35(20)21)4-3-8-29-23(36)15-10-30-34(11-15)16-13-37-14-16/h2,5-6,10-11,16-18,31H,7-9,12-14H2,1H3,(H,29,36)/t17-,18+/m0/s1. The second-order valence-corrected chi connectivity index (χ2v) is 11.4. The van der Waals surface area contributed by atoms with Gasteiger partial charge in [0.25, 0.3) is 0 Å². The topological polar surface area (TPSA) is 88.7 Å². The van der Waals surface area contributed by atoms with Gasteiger partial charge < -0.3 is 4.74 Å². The molecule has 2 saturated heterocycles. The van der Waals surface area contributed by atoms with Crippen molar-refractivity contribution in [2.24, 2.45) is 0 Å². The molecule has 202 valence electrons. The molecule has 0 aromatic carbocycles. The first-order chi connectivity index (χ1) is 18.2. The van der Waals surface area contributed by atoms with Crippen LogP contribution in [0.4, 0.5) is 23.4 Å². The molecular weight excluding hydrogens is 573 g/mol. The Morgan fingerprint density at radius 2 is 2.13 bits per heavy atom. The summed E-state index contributed by atoms with van der Waals surface area (Å²) in [5.74, 6) is 5.40. The van der Waals surface area contributed by atoms with E-state index in [1.807, 2.05) is 11.9 Å². The number of rotatable bonds is 6. The fourth-order valence-electron chi connectivity index (χ4n) is 4.25. The van der Waals surface area contributed by atoms with Crippen LogP contribution in [0.25, 0.3) is 5.52 Å². The Bertz CT molecular complexity index is 1380. The van der Waals surface area contributed by atoms with Crippen LogP contribution in [0, 0.1) is 11.8 Å². The summed E-state index contributed by atoms with van der Waals surface area (Å²) in [4.78, 5) is 14.3. The summed E-state index contributed by atoms with van der Waals surface area (Å²) in [5.41, 5.74) is 0.587. The van der Waals surface area contributed by atoms with E-state index in [9.17, 15) is 22.4 Å². The zero-order valence-corrected chi connectivity index (χ0v) is 22.0. The molecule has 2 fully saturated rings. The molecule has 0 aliphatic carbocycles. The van der Waals surface area contributed by atoms with E-state index in [-0.39, 0.29) is 34.8 Å². The summed E-state index contributed by atoms with van der Waals surface area (Å²) in [5, 5.41) is 9.82. The van der Waals surface area contributed by atoms with Gasteiger partial charge in [0.15, 0.2) is 0 Å². The van der Waals surface area contributed by atoms with Crippen LogP contribution < -0.4 is 15.1 Å². The molecule has 0 spiro atoms. The van der Waals surface area contributed by atoms with Crippen LogP contribution in [-0.2, 0) is 4.74 Å². The Morgan fingerprint density at radius 3 is 2.84 bits per heavy atom. The minimum absolute atomic E-state index is 0.0170. The van der Waals surface area contributed by atoms with Gasteiger partial charge in [-0.1, -0.05) is 0 Å². The van der Waals surface area contributed by atoms with Gasteiger partial charge in [-0.25, -0.2) is 0 Å². The Balaban J connectivity index is 1.34. The Hall–Kier alpha value is -3.11. The third-order valence-corrected chi connectivity index (χ3v) is 8.07. The number of amides is 1. The van der Waals surface area contributed by atoms with E-state index in [1.54, 1.807) is 29.1 Å². The van der Waals surface area contributed by atoms with Gasteiger partial charge in [0.05, 0.1) is 0 Å². The molecule has 1 amide bonds. The summed E-state index contributed by atoms with van der Waals surface area (Å²) < 4.78 is 63.1. The SMILES string of the molecule is CN1CC[C@@H](Nc2cccc3c([Se]C(F)(F)F)c(C#CCNC(=O)c4cnn(C5COC5)c4)nn23)[C@@H](F)C1. The molecule has 0 saturated carbocycles. The summed E-state index contributed by atoms with van der Waals surface area (Å²) >= 11 is -1.91. The number of piperidine rings is 1. The van der Waals surface area contributed by atoms with Crippen molar-refractivity contribution in [3.05, 3.63) is 41.9 Å². The van der Waals surface area contributed by atoms with E-state index >= 15 is 0 Å². The maximum absolute atomic E-state index is 14.6. The second kappa shape index (κ2) is 10.9. The monoisotopic (exact) mass is 599 g/mol. The van der Waals surface area contributed by atoms with Crippen LogP contribution in [0.5, 0.6) is 0 Å². The number of carbonyl (C=O) groups is 1. The number of nitrogens with one attached hydrogen (secondary N) is 2. The molecular formula is C24H25F4N7O2Se. The fourth-order valence-corrected chi connectivity index (χ4v) is 5.67. The molecule has 2 N–H and O–H groups in total. The van der Waals surface area contributed by atoms with Crippen LogP contribution in [-0.4, -0.2) is 102 Å². The van der Waals surface area contributed by atoms with E-state index in [4.69, 9.17) is 4.74 Å². The summed E-state index contributed by atoms with van der Waals surface area (Å²) in [6.45, 7) is 1.96. The number of carbonyl (C=O) groups excluding carboxylic acids is 1. The normalized spacial score (nSPS) is 20.6. The van der Waals surface area contributed by atoms with Crippen molar-refractivity contribution in [1.29, 1.82) is 0 Å². The third-order valence-electron chi connectivity index (χ3n) is 6.31. The first-order valence-electron chi connectivity index (χ1n) is 11.9. The molecule has 0 unspecified atom stereocenters. The van der Waals surface area contributed by atoms with Crippen LogP contribution >= 0.6 is 0 Å². The molecule has 2 aliphatic rings. The van der Waals surface area contributed by atoms with E-state index in [2.05, 4.69) is 32.7 Å². The van der Waals surface area contributed by atoms with Gasteiger partial charge in [-0.15, -0.1) is 0 Å². The molecule has 3 aromatic rings. The summed E-state index contributed by atoms with van der Waals surface area (Å²) in [6.07, 6.45) is 2.47. The van der Waals surface area contributed by atoms with Gasteiger partial charge in [-0.3, -0.25) is 0 Å². The molecule has 9 nitrogen and oxygen atoms in total. The zero-order chi connectivity index (χ0) is 26.9. The Morgan fingerprint density at radius 1 is 1.32 bits per heavy atom. The van der Waals surface area contributed by atoms with E-state index in [0.29, 0.717) is 37.6 Å². The first kappa shape index (κ1) is 26.5. The number of pyridine rings is 1. The predicted octanol–water partition coefficient (Wildman–Crippen LogP) is 1.19. The fraction of sp³-hybridized carbons (Fsp3) is 0.458. The van der Waals surface area contributed by atoms with Crippen molar-refractivity contribution < 1.29 is 27.1 Å². The average molecular weight is 598 g/mol. The molecule has 0 radical (unpaired) electrons. The van der Waals surface area contributed by atoms with Crippen molar-refractivity contribution in [1.82, 2.24) is 29.6 Å². The Labute approximate surface area is 222 Å². The average Bonchev–Trinajstić information content (AvgIpc) is 3.42. The van der Waals surface area contributed by atoms with Crippen molar-refractivity contribution in [2.75, 3.05) is 45.2 Å². The van der Waals surface area contributed by atoms with E-state index < -0.39 is 38.2 Å². The number of fused-ring (bicyclic) bond motifs is 1. The van der Waals surface area contributed by atoms with E-state index in [0.717, 1.165) is 0 Å². The van der Waals surface area contributed by atoms with E-state index in [1.165, 1.54) is 10.7 Å². The van der Waals surface area contributed by atoms with Gasteiger partial charge in [-0.05, 0) is 0 Å². The quantitative estimate of drug-likeness (QED) is 0.252. The number of ether oxygens (including phenoxy) is 1.